The molecule has 0 aliphatic carbocycles. The first kappa shape index (κ1) is 27.9. The summed E-state index contributed by atoms with van der Waals surface area (Å²) in [4.78, 5) is 33.7. The summed E-state index contributed by atoms with van der Waals surface area (Å²) in [6.45, 7) is 1.73. The van der Waals surface area contributed by atoms with Gasteiger partial charge in [-0.15, -0.1) is 0 Å². The van der Waals surface area contributed by atoms with Crippen molar-refractivity contribution >= 4 is 22.7 Å². The summed E-state index contributed by atoms with van der Waals surface area (Å²) in [5, 5.41) is 1.16. The smallest absolute Gasteiger partial charge is 0.242 e. The fraction of sp³-hybridized carbons (Fsp3) is 0.312. The van der Waals surface area contributed by atoms with E-state index in [1.54, 1.807) is 19.1 Å². The van der Waals surface area contributed by atoms with E-state index in [2.05, 4.69) is 11.1 Å². The summed E-state index contributed by atoms with van der Waals surface area (Å²) in [6.07, 6.45) is 3.69. The highest BCUT2D eigenvalue weighted by Gasteiger charge is 2.22. The van der Waals surface area contributed by atoms with E-state index in [1.807, 2.05) is 83.9 Å². The summed E-state index contributed by atoms with van der Waals surface area (Å²) in [5.74, 6) is 0.630. The number of hydrogen-bond acceptors (Lipinski definition) is 4. The molecule has 4 aromatic rings. The Balaban J connectivity index is 1.47. The van der Waals surface area contributed by atoms with Gasteiger partial charge in [-0.2, -0.15) is 0 Å². The standard InChI is InChI=1S/C32H37N3O4/c1-38-21-20-35(31(36)17-14-25-8-4-3-5-9-25)24-32(37)34(23-26-12-15-28(39-2)16-13-26)19-18-27-22-33-30-11-7-6-10-29(27)30/h3-13,15-16,22,33H,14,17-21,23-24H2,1-2H3. The molecule has 204 valence electrons. The Kier molecular flexibility index (Phi) is 10.1. The lowest BCUT2D eigenvalue weighted by Crippen LogP contribution is -2.44. The van der Waals surface area contributed by atoms with E-state index >= 15 is 0 Å². The van der Waals surface area contributed by atoms with Crippen LogP contribution in [0.4, 0.5) is 0 Å². The number of ether oxygens (including phenoxy) is 2. The van der Waals surface area contributed by atoms with Crippen LogP contribution >= 0.6 is 0 Å². The molecule has 3 aromatic carbocycles. The predicted octanol–water partition coefficient (Wildman–Crippen LogP) is 4.86. The molecule has 0 radical (unpaired) electrons. The molecule has 7 heteroatoms. The first-order valence-electron chi connectivity index (χ1n) is 13.3. The van der Waals surface area contributed by atoms with Gasteiger partial charge in [-0.3, -0.25) is 9.59 Å². The molecule has 0 saturated carbocycles. The number of aromatic amines is 1. The summed E-state index contributed by atoms with van der Waals surface area (Å²) < 4.78 is 10.5. The lowest BCUT2D eigenvalue weighted by Gasteiger charge is -2.28. The number of aryl methyl sites for hydroxylation is 1. The van der Waals surface area contributed by atoms with Crippen LogP contribution < -0.4 is 4.74 Å². The molecule has 0 fully saturated rings. The molecule has 0 saturated heterocycles. The van der Waals surface area contributed by atoms with Gasteiger partial charge in [0.05, 0.1) is 20.3 Å². The van der Waals surface area contributed by atoms with E-state index < -0.39 is 0 Å². The quantitative estimate of drug-likeness (QED) is 0.254. The number of rotatable bonds is 14. The van der Waals surface area contributed by atoms with Gasteiger partial charge in [-0.25, -0.2) is 0 Å². The van der Waals surface area contributed by atoms with Gasteiger partial charge in [-0.05, 0) is 47.7 Å². The average Bonchev–Trinajstić information content (AvgIpc) is 3.40. The molecule has 0 unspecified atom stereocenters. The molecule has 2 amide bonds. The van der Waals surface area contributed by atoms with Crippen molar-refractivity contribution in [3.8, 4) is 5.75 Å². The number of para-hydroxylation sites is 1. The van der Waals surface area contributed by atoms with E-state index in [4.69, 9.17) is 9.47 Å². The number of H-pyrrole nitrogens is 1. The Bertz CT molecular complexity index is 1330. The number of aromatic nitrogens is 1. The molecule has 1 heterocycles. The van der Waals surface area contributed by atoms with Gasteiger partial charge in [0.2, 0.25) is 11.8 Å². The second kappa shape index (κ2) is 14.2. The molecule has 39 heavy (non-hydrogen) atoms. The Labute approximate surface area is 230 Å². The van der Waals surface area contributed by atoms with Gasteiger partial charge < -0.3 is 24.3 Å². The van der Waals surface area contributed by atoms with Crippen LogP contribution in [0.1, 0.15) is 23.1 Å². The van der Waals surface area contributed by atoms with Crippen molar-refractivity contribution in [1.29, 1.82) is 0 Å². The minimum absolute atomic E-state index is 0.0149. The second-order valence-electron chi connectivity index (χ2n) is 9.57. The van der Waals surface area contributed by atoms with Gasteiger partial charge in [0, 0.05) is 50.3 Å². The molecule has 0 aliphatic heterocycles. The summed E-state index contributed by atoms with van der Waals surface area (Å²) >= 11 is 0. The van der Waals surface area contributed by atoms with Gasteiger partial charge in [0.1, 0.15) is 5.75 Å². The van der Waals surface area contributed by atoms with Crippen LogP contribution in [0.5, 0.6) is 5.75 Å². The average molecular weight is 528 g/mol. The van der Waals surface area contributed by atoms with Gasteiger partial charge in [0.15, 0.2) is 0 Å². The van der Waals surface area contributed by atoms with Gasteiger partial charge in [0.25, 0.3) is 0 Å². The number of carbonyl (C=O) groups is 2. The first-order valence-corrected chi connectivity index (χ1v) is 13.3. The normalized spacial score (nSPS) is 10.9. The largest absolute Gasteiger partial charge is 0.497 e. The van der Waals surface area contributed by atoms with Crippen LogP contribution in [-0.4, -0.2) is 67.1 Å². The molecule has 4 rings (SSSR count). The Morgan fingerprint density at radius 1 is 0.769 bits per heavy atom. The molecular weight excluding hydrogens is 490 g/mol. The van der Waals surface area contributed by atoms with Crippen LogP contribution in [0, 0.1) is 0 Å². The molecule has 7 nitrogen and oxygen atoms in total. The number of methoxy groups -OCH3 is 2. The molecule has 0 atom stereocenters. The highest BCUT2D eigenvalue weighted by Crippen LogP contribution is 2.19. The maximum absolute atomic E-state index is 13.7. The van der Waals surface area contributed by atoms with Crippen molar-refractivity contribution in [2.24, 2.45) is 0 Å². The van der Waals surface area contributed by atoms with E-state index in [9.17, 15) is 9.59 Å². The van der Waals surface area contributed by atoms with Crippen molar-refractivity contribution < 1.29 is 19.1 Å². The molecular formula is C32H37N3O4. The fourth-order valence-corrected chi connectivity index (χ4v) is 4.65. The molecule has 0 spiro atoms. The van der Waals surface area contributed by atoms with Crippen LogP contribution in [0.2, 0.25) is 0 Å². The Hall–Kier alpha value is -4.10. The highest BCUT2D eigenvalue weighted by molar-refractivity contribution is 5.85. The lowest BCUT2D eigenvalue weighted by molar-refractivity contribution is -0.141. The van der Waals surface area contributed by atoms with E-state index in [-0.39, 0.29) is 18.4 Å². The second-order valence-corrected chi connectivity index (χ2v) is 9.57. The molecule has 1 aromatic heterocycles. The van der Waals surface area contributed by atoms with Crippen LogP contribution in [0.15, 0.2) is 85.1 Å². The maximum atomic E-state index is 13.7. The summed E-state index contributed by atoms with van der Waals surface area (Å²) in [6, 6.07) is 25.8. The van der Waals surface area contributed by atoms with Gasteiger partial charge in [-0.1, -0.05) is 60.7 Å². The highest BCUT2D eigenvalue weighted by atomic mass is 16.5. The summed E-state index contributed by atoms with van der Waals surface area (Å²) in [5.41, 5.74) is 4.34. The molecule has 0 bridgehead atoms. The zero-order chi connectivity index (χ0) is 27.5. The van der Waals surface area contributed by atoms with Crippen molar-refractivity contribution in [3.05, 3.63) is 102 Å². The number of fused-ring (bicyclic) bond motifs is 1. The molecule has 0 aliphatic rings. The Morgan fingerprint density at radius 2 is 1.51 bits per heavy atom. The third kappa shape index (κ3) is 7.94. The van der Waals surface area contributed by atoms with Crippen molar-refractivity contribution in [1.82, 2.24) is 14.8 Å². The first-order chi connectivity index (χ1) is 19.1. The predicted molar refractivity (Wildman–Crippen MR) is 154 cm³/mol. The van der Waals surface area contributed by atoms with Crippen LogP contribution in [0.3, 0.4) is 0 Å². The minimum atomic E-state index is -0.0881. The van der Waals surface area contributed by atoms with Crippen molar-refractivity contribution in [2.45, 2.75) is 25.8 Å². The van der Waals surface area contributed by atoms with Gasteiger partial charge >= 0.3 is 0 Å². The van der Waals surface area contributed by atoms with Crippen LogP contribution in [-0.2, 0) is 33.7 Å². The maximum Gasteiger partial charge on any atom is 0.242 e. The number of nitrogens with zero attached hydrogens (tertiary/aromatic N) is 2. The minimum Gasteiger partial charge on any atom is -0.497 e. The zero-order valence-electron chi connectivity index (χ0n) is 22.8. The number of nitrogens with one attached hydrogen (secondary N) is 1. The van der Waals surface area contributed by atoms with Crippen LogP contribution in [0.25, 0.3) is 10.9 Å². The third-order valence-corrected chi connectivity index (χ3v) is 6.93. The summed E-state index contributed by atoms with van der Waals surface area (Å²) in [7, 11) is 3.24. The number of carbonyl (C=O) groups excluding carboxylic acids is 2. The molecule has 1 N–H and O–H groups in total. The monoisotopic (exact) mass is 527 g/mol. The lowest BCUT2D eigenvalue weighted by atomic mass is 10.1. The van der Waals surface area contributed by atoms with E-state index in [0.29, 0.717) is 45.5 Å². The SMILES string of the molecule is COCCN(CC(=O)N(CCc1c[nH]c2ccccc12)Cc1ccc(OC)cc1)C(=O)CCc1ccccc1. The number of benzene rings is 3. The number of hydrogen-bond donors (Lipinski definition) is 1. The zero-order valence-corrected chi connectivity index (χ0v) is 22.8. The van der Waals surface area contributed by atoms with E-state index in [1.165, 1.54) is 0 Å². The van der Waals surface area contributed by atoms with E-state index in [0.717, 1.165) is 33.3 Å². The Morgan fingerprint density at radius 3 is 2.26 bits per heavy atom. The number of amides is 2. The fourth-order valence-electron chi connectivity index (χ4n) is 4.65. The van der Waals surface area contributed by atoms with Crippen molar-refractivity contribution in [2.75, 3.05) is 40.5 Å². The third-order valence-electron chi connectivity index (χ3n) is 6.93. The van der Waals surface area contributed by atoms with Crippen molar-refractivity contribution in [3.63, 3.8) is 0 Å². The topological polar surface area (TPSA) is 74.9 Å².